The van der Waals surface area contributed by atoms with Gasteiger partial charge in [0.2, 0.25) is 11.8 Å². The maximum Gasteiger partial charge on any atom is 0.233 e. The molecule has 0 bridgehead atoms. The highest BCUT2D eigenvalue weighted by Gasteiger charge is 2.27. The average molecular weight is 316 g/mol. The van der Waals surface area contributed by atoms with Gasteiger partial charge in [0.15, 0.2) is 11.6 Å². The van der Waals surface area contributed by atoms with Gasteiger partial charge in [-0.15, -0.1) is 10.2 Å². The molecule has 8 heteroatoms. The smallest absolute Gasteiger partial charge is 0.233 e. The topological polar surface area (TPSA) is 85.2 Å². The van der Waals surface area contributed by atoms with E-state index in [1.54, 1.807) is 30.1 Å². The number of rotatable bonds is 4. The van der Waals surface area contributed by atoms with E-state index in [0.717, 1.165) is 25.2 Å². The number of ether oxygens (including phenoxy) is 1. The van der Waals surface area contributed by atoms with Gasteiger partial charge >= 0.3 is 0 Å². The second kappa shape index (κ2) is 6.64. The van der Waals surface area contributed by atoms with Crippen LogP contribution < -0.4 is 15.0 Å². The van der Waals surface area contributed by atoms with E-state index in [1.165, 1.54) is 0 Å². The van der Waals surface area contributed by atoms with E-state index in [1.807, 2.05) is 13.1 Å². The summed E-state index contributed by atoms with van der Waals surface area (Å²) in [5, 5.41) is 15.2. The Balaban J connectivity index is 1.63. The number of hydrogen-bond acceptors (Lipinski definition) is 6. The number of aromatic nitrogens is 4. The molecule has 0 unspecified atom stereocenters. The third kappa shape index (κ3) is 3.58. The molecule has 1 amide bonds. The maximum absolute atomic E-state index is 12.4. The van der Waals surface area contributed by atoms with Crippen LogP contribution in [0.1, 0.15) is 12.8 Å². The van der Waals surface area contributed by atoms with Crippen LogP contribution in [0.2, 0.25) is 0 Å². The van der Waals surface area contributed by atoms with Crippen molar-refractivity contribution in [3.8, 4) is 5.88 Å². The fraction of sp³-hybridized carbons (Fsp3) is 0.467. The predicted molar refractivity (Wildman–Crippen MR) is 85.4 cm³/mol. The van der Waals surface area contributed by atoms with Gasteiger partial charge in [-0.05, 0) is 18.9 Å². The highest BCUT2D eigenvalue weighted by Crippen LogP contribution is 2.23. The molecule has 2 aromatic heterocycles. The minimum atomic E-state index is -0.0883. The molecule has 1 fully saturated rings. The van der Waals surface area contributed by atoms with Crippen LogP contribution in [0.15, 0.2) is 24.4 Å². The normalized spacial score (nSPS) is 17.8. The molecule has 1 atom stereocenters. The van der Waals surface area contributed by atoms with E-state index in [9.17, 15) is 4.79 Å². The number of amides is 1. The molecular weight excluding hydrogens is 296 g/mol. The number of carbonyl (C=O) groups is 1. The van der Waals surface area contributed by atoms with Crippen LogP contribution in [0.4, 0.5) is 11.6 Å². The van der Waals surface area contributed by atoms with Gasteiger partial charge < -0.3 is 15.0 Å². The summed E-state index contributed by atoms with van der Waals surface area (Å²) >= 11 is 0. The second-order valence-corrected chi connectivity index (χ2v) is 5.58. The van der Waals surface area contributed by atoms with E-state index in [4.69, 9.17) is 4.74 Å². The molecule has 3 heterocycles. The molecule has 3 rings (SSSR count). The van der Waals surface area contributed by atoms with E-state index in [0.29, 0.717) is 18.2 Å². The van der Waals surface area contributed by atoms with Crippen LogP contribution in [0, 0.1) is 5.92 Å². The number of hydrogen-bond donors (Lipinski definition) is 1. The quantitative estimate of drug-likeness (QED) is 0.908. The highest BCUT2D eigenvalue weighted by molar-refractivity contribution is 5.92. The molecule has 1 saturated heterocycles. The fourth-order valence-electron chi connectivity index (χ4n) is 2.70. The van der Waals surface area contributed by atoms with E-state index in [2.05, 4.69) is 25.5 Å². The predicted octanol–water partition coefficient (Wildman–Crippen LogP) is 1.07. The largest absolute Gasteiger partial charge is 0.480 e. The Morgan fingerprint density at radius 3 is 2.87 bits per heavy atom. The van der Waals surface area contributed by atoms with Crippen LogP contribution >= 0.6 is 0 Å². The summed E-state index contributed by atoms with van der Waals surface area (Å²) in [6, 6.07) is 5.43. The van der Waals surface area contributed by atoms with Crippen LogP contribution in [0.5, 0.6) is 5.88 Å². The number of carbonyl (C=O) groups excluding carboxylic acids is 1. The molecule has 0 radical (unpaired) electrons. The van der Waals surface area contributed by atoms with Crippen molar-refractivity contribution >= 4 is 17.5 Å². The number of anilines is 2. The average Bonchev–Trinajstić information content (AvgIpc) is 3.00. The first-order valence-electron chi connectivity index (χ1n) is 7.59. The Morgan fingerprint density at radius 1 is 1.35 bits per heavy atom. The van der Waals surface area contributed by atoms with Gasteiger partial charge in [0.1, 0.15) is 0 Å². The fourth-order valence-corrected chi connectivity index (χ4v) is 2.70. The first kappa shape index (κ1) is 15.3. The molecule has 1 aliphatic heterocycles. The third-order valence-corrected chi connectivity index (χ3v) is 3.92. The summed E-state index contributed by atoms with van der Waals surface area (Å²) in [4.78, 5) is 14.5. The summed E-state index contributed by atoms with van der Waals surface area (Å²) in [5.74, 6) is 1.74. The Hall–Kier alpha value is -2.64. The molecule has 122 valence electrons. The zero-order chi connectivity index (χ0) is 16.2. The molecular formula is C15H20N6O2. The number of nitrogens with one attached hydrogen (secondary N) is 1. The van der Waals surface area contributed by atoms with Crippen molar-refractivity contribution in [1.29, 1.82) is 0 Å². The zero-order valence-corrected chi connectivity index (χ0v) is 13.3. The van der Waals surface area contributed by atoms with E-state index >= 15 is 0 Å². The first-order chi connectivity index (χ1) is 11.2. The Labute approximate surface area is 134 Å². The molecule has 0 aliphatic carbocycles. The minimum Gasteiger partial charge on any atom is -0.480 e. The van der Waals surface area contributed by atoms with Gasteiger partial charge in [0, 0.05) is 38.5 Å². The van der Waals surface area contributed by atoms with Gasteiger partial charge in [-0.3, -0.25) is 9.48 Å². The number of nitrogens with zero attached hydrogens (tertiary/aromatic N) is 5. The van der Waals surface area contributed by atoms with Gasteiger partial charge in [-0.25, -0.2) is 0 Å². The molecule has 2 aromatic rings. The number of aryl methyl sites for hydroxylation is 1. The minimum absolute atomic E-state index is 0.00475. The molecule has 0 saturated carbocycles. The van der Waals surface area contributed by atoms with Gasteiger partial charge in [0.05, 0.1) is 13.0 Å². The molecule has 23 heavy (non-hydrogen) atoms. The van der Waals surface area contributed by atoms with Crippen molar-refractivity contribution in [2.24, 2.45) is 13.0 Å². The summed E-state index contributed by atoms with van der Waals surface area (Å²) < 4.78 is 6.68. The molecule has 1 aliphatic rings. The number of piperidine rings is 1. The van der Waals surface area contributed by atoms with Crippen molar-refractivity contribution in [2.45, 2.75) is 12.8 Å². The van der Waals surface area contributed by atoms with Gasteiger partial charge in [-0.2, -0.15) is 5.10 Å². The van der Waals surface area contributed by atoms with Crippen LogP contribution in [0.25, 0.3) is 0 Å². The molecule has 1 N–H and O–H groups in total. The number of methoxy groups -OCH3 is 1. The van der Waals surface area contributed by atoms with Crippen LogP contribution in [-0.4, -0.2) is 46.1 Å². The summed E-state index contributed by atoms with van der Waals surface area (Å²) in [7, 11) is 3.38. The van der Waals surface area contributed by atoms with Gasteiger partial charge in [0.25, 0.3) is 0 Å². The second-order valence-electron chi connectivity index (χ2n) is 5.58. The maximum atomic E-state index is 12.4. The summed E-state index contributed by atoms with van der Waals surface area (Å²) in [5.41, 5.74) is 0. The Morgan fingerprint density at radius 2 is 2.22 bits per heavy atom. The Bertz CT molecular complexity index is 669. The van der Waals surface area contributed by atoms with Crippen LogP contribution in [0.3, 0.4) is 0 Å². The Kier molecular flexibility index (Phi) is 4.40. The zero-order valence-electron chi connectivity index (χ0n) is 13.3. The lowest BCUT2D eigenvalue weighted by molar-refractivity contribution is -0.120. The molecule has 8 nitrogen and oxygen atoms in total. The van der Waals surface area contributed by atoms with Crippen molar-refractivity contribution in [2.75, 3.05) is 30.4 Å². The van der Waals surface area contributed by atoms with Crippen LogP contribution in [-0.2, 0) is 11.8 Å². The highest BCUT2D eigenvalue weighted by atomic mass is 16.5. The van der Waals surface area contributed by atoms with Crippen molar-refractivity contribution in [3.63, 3.8) is 0 Å². The summed E-state index contributed by atoms with van der Waals surface area (Å²) in [6.45, 7) is 1.49. The standard InChI is InChI=1S/C15H20N6O2/c1-20-9-7-12(19-20)16-15(22)11-4-3-8-21(10-11)13-5-6-14(23-2)18-17-13/h5-7,9,11H,3-4,8,10H2,1-2H3,(H,16,19,22)/t11-/m1/s1. The monoisotopic (exact) mass is 316 g/mol. The lowest BCUT2D eigenvalue weighted by Crippen LogP contribution is -2.41. The SMILES string of the molecule is COc1ccc(N2CCC[C@@H](C(=O)Nc3ccn(C)n3)C2)nn1. The molecule has 0 aromatic carbocycles. The van der Waals surface area contributed by atoms with Crippen molar-refractivity contribution < 1.29 is 9.53 Å². The van der Waals surface area contributed by atoms with Crippen molar-refractivity contribution in [3.05, 3.63) is 24.4 Å². The lowest BCUT2D eigenvalue weighted by atomic mass is 9.97. The van der Waals surface area contributed by atoms with E-state index in [-0.39, 0.29) is 11.8 Å². The van der Waals surface area contributed by atoms with Gasteiger partial charge in [-0.1, -0.05) is 0 Å². The van der Waals surface area contributed by atoms with Crippen molar-refractivity contribution in [1.82, 2.24) is 20.0 Å². The third-order valence-electron chi connectivity index (χ3n) is 3.92. The lowest BCUT2D eigenvalue weighted by Gasteiger charge is -2.32. The molecule has 0 spiro atoms. The van der Waals surface area contributed by atoms with E-state index < -0.39 is 0 Å². The summed E-state index contributed by atoms with van der Waals surface area (Å²) in [6.07, 6.45) is 3.60. The first-order valence-corrected chi connectivity index (χ1v) is 7.59.